The number of unbranched alkanes of at least 4 members (excludes halogenated alkanes) is 3. The number of carbonyl (C=O) groups is 4. The van der Waals surface area contributed by atoms with Gasteiger partial charge >= 0.3 is 6.03 Å². The first-order valence-corrected chi connectivity index (χ1v) is 14.4. The Balaban J connectivity index is 1.23. The van der Waals surface area contributed by atoms with Gasteiger partial charge in [-0.2, -0.15) is 11.8 Å². The molecule has 13 nitrogen and oxygen atoms in total. The number of ether oxygens (including phenoxy) is 1. The fraction of sp³-hybridized carbons (Fsp3) is 0.833. The molecule has 0 bridgehead atoms. The van der Waals surface area contributed by atoms with Gasteiger partial charge in [0.25, 0.3) is 0 Å². The van der Waals surface area contributed by atoms with Crippen molar-refractivity contribution in [2.45, 2.75) is 106 Å². The molecular formula is C24H41N5O8S. The zero-order valence-corrected chi connectivity index (χ0v) is 22.5. The Hall–Kier alpha value is -2.13. The van der Waals surface area contributed by atoms with Gasteiger partial charge in [-0.05, 0) is 25.7 Å². The smallest absolute Gasteiger partial charge is 0.315 e. The summed E-state index contributed by atoms with van der Waals surface area (Å²) in [6, 6.07) is -0.738. The highest BCUT2D eigenvalue weighted by atomic mass is 32.2. The first kappa shape index (κ1) is 30.4. The van der Waals surface area contributed by atoms with Crippen molar-refractivity contribution in [3.05, 3.63) is 0 Å². The van der Waals surface area contributed by atoms with Gasteiger partial charge in [-0.15, -0.1) is 0 Å². The number of hydrogen-bond acceptors (Lipinski definition) is 9. The normalized spacial score (nSPS) is 32.2. The minimum Gasteiger partial charge on any atom is -0.394 e. The van der Waals surface area contributed by atoms with Crippen LogP contribution in [0.1, 0.15) is 58.3 Å². The summed E-state index contributed by atoms with van der Waals surface area (Å²) < 4.78 is 5.49. The molecule has 3 fully saturated rings. The molecule has 3 rings (SSSR count). The lowest BCUT2D eigenvalue weighted by molar-refractivity contribution is -0.203. The molecule has 216 valence electrons. The number of nitrogens with one attached hydrogen (secondary N) is 5. The Morgan fingerprint density at radius 3 is 2.47 bits per heavy atom. The minimum absolute atomic E-state index is 0.00757. The Kier molecular flexibility index (Phi) is 11.9. The largest absolute Gasteiger partial charge is 0.394 e. The second-order valence-corrected chi connectivity index (χ2v) is 11.4. The molecule has 8 N–H and O–H groups in total. The maximum atomic E-state index is 12.4. The van der Waals surface area contributed by atoms with Crippen LogP contribution in [0.2, 0.25) is 0 Å². The second-order valence-electron chi connectivity index (χ2n) is 10.1. The summed E-state index contributed by atoms with van der Waals surface area (Å²) in [7, 11) is 0. The molecule has 0 aliphatic carbocycles. The third kappa shape index (κ3) is 8.70. The molecule has 3 saturated heterocycles. The highest BCUT2D eigenvalue weighted by Crippen LogP contribution is 2.33. The average molecular weight is 560 g/mol. The van der Waals surface area contributed by atoms with Crippen LogP contribution in [0.3, 0.4) is 0 Å². The predicted molar refractivity (Wildman–Crippen MR) is 139 cm³/mol. The van der Waals surface area contributed by atoms with Crippen molar-refractivity contribution < 1.29 is 39.2 Å². The topological polar surface area (TPSA) is 198 Å². The van der Waals surface area contributed by atoms with Crippen LogP contribution in [-0.2, 0) is 19.1 Å². The van der Waals surface area contributed by atoms with E-state index in [4.69, 9.17) is 4.74 Å². The molecule has 0 aromatic carbocycles. The van der Waals surface area contributed by atoms with Crippen LogP contribution in [0.15, 0.2) is 0 Å². The van der Waals surface area contributed by atoms with E-state index in [1.165, 1.54) is 6.92 Å². The summed E-state index contributed by atoms with van der Waals surface area (Å²) in [5.74, 6) is 0.123. The molecule has 8 atom stereocenters. The molecular weight excluding hydrogens is 518 g/mol. The van der Waals surface area contributed by atoms with Gasteiger partial charge in [-0.25, -0.2) is 4.79 Å². The van der Waals surface area contributed by atoms with E-state index in [0.29, 0.717) is 24.6 Å². The summed E-state index contributed by atoms with van der Waals surface area (Å²) in [5.41, 5.74) is 0. The molecule has 38 heavy (non-hydrogen) atoms. The van der Waals surface area contributed by atoms with E-state index in [0.717, 1.165) is 37.9 Å². The lowest BCUT2D eigenvalue weighted by Gasteiger charge is -2.42. The van der Waals surface area contributed by atoms with Crippen molar-refractivity contribution in [1.82, 2.24) is 26.6 Å². The van der Waals surface area contributed by atoms with E-state index >= 15 is 0 Å². The molecule has 14 heteroatoms. The first-order valence-electron chi connectivity index (χ1n) is 13.3. The number of rotatable bonds is 14. The van der Waals surface area contributed by atoms with Crippen LogP contribution in [0.5, 0.6) is 0 Å². The van der Waals surface area contributed by atoms with Gasteiger partial charge in [0.2, 0.25) is 17.7 Å². The van der Waals surface area contributed by atoms with Crippen molar-refractivity contribution in [2.24, 2.45) is 0 Å². The van der Waals surface area contributed by atoms with Crippen molar-refractivity contribution >= 4 is 35.5 Å². The van der Waals surface area contributed by atoms with Crippen LogP contribution in [0.25, 0.3) is 0 Å². The third-order valence-electron chi connectivity index (χ3n) is 7.08. The molecule has 3 aliphatic rings. The Bertz CT molecular complexity index is 836. The van der Waals surface area contributed by atoms with E-state index in [1.54, 1.807) is 0 Å². The van der Waals surface area contributed by atoms with E-state index in [1.807, 2.05) is 11.8 Å². The fourth-order valence-electron chi connectivity index (χ4n) is 5.04. The van der Waals surface area contributed by atoms with Crippen LogP contribution in [0.4, 0.5) is 4.79 Å². The number of urea groups is 1. The number of hydrogen-bond donors (Lipinski definition) is 8. The van der Waals surface area contributed by atoms with E-state index in [-0.39, 0.29) is 36.3 Å². The Morgan fingerprint density at radius 2 is 1.74 bits per heavy atom. The van der Waals surface area contributed by atoms with Crippen LogP contribution in [0, 0.1) is 0 Å². The van der Waals surface area contributed by atoms with E-state index in [2.05, 4.69) is 26.6 Å². The predicted octanol–water partition coefficient (Wildman–Crippen LogP) is -1.55. The van der Waals surface area contributed by atoms with Crippen molar-refractivity contribution in [3.8, 4) is 0 Å². The number of amides is 5. The first-order chi connectivity index (χ1) is 18.2. The number of aliphatic hydroxyl groups is 3. The highest BCUT2D eigenvalue weighted by molar-refractivity contribution is 8.00. The lowest BCUT2D eigenvalue weighted by Crippen LogP contribution is -2.68. The van der Waals surface area contributed by atoms with Crippen LogP contribution < -0.4 is 26.6 Å². The van der Waals surface area contributed by atoms with Gasteiger partial charge in [-0.3, -0.25) is 14.4 Å². The minimum atomic E-state index is -1.42. The van der Waals surface area contributed by atoms with E-state index in [9.17, 15) is 34.5 Å². The second kappa shape index (κ2) is 14.9. The quantitative estimate of drug-likeness (QED) is 0.0917. The van der Waals surface area contributed by atoms with E-state index < -0.39 is 43.1 Å². The van der Waals surface area contributed by atoms with Crippen molar-refractivity contribution in [3.63, 3.8) is 0 Å². The molecule has 8 unspecified atom stereocenters. The number of thioether (sulfide) groups is 1. The number of fused-ring (bicyclic) bond motifs is 1. The van der Waals surface area contributed by atoms with Gasteiger partial charge in [0, 0.05) is 37.3 Å². The van der Waals surface area contributed by atoms with Gasteiger partial charge in [0.15, 0.2) is 6.23 Å². The summed E-state index contributed by atoms with van der Waals surface area (Å²) in [6.45, 7) is 1.22. The van der Waals surface area contributed by atoms with Crippen LogP contribution in [-0.4, -0.2) is 106 Å². The summed E-state index contributed by atoms with van der Waals surface area (Å²) >= 11 is 1.87. The maximum Gasteiger partial charge on any atom is 0.315 e. The summed E-state index contributed by atoms with van der Waals surface area (Å²) in [4.78, 5) is 47.4. The fourth-order valence-corrected chi connectivity index (χ4v) is 6.59. The summed E-state index contributed by atoms with van der Waals surface area (Å²) in [6.07, 6.45) is 0.346. The number of aliphatic hydroxyl groups excluding tert-OH is 3. The standard InChI is InChI=1S/C24H41N5O8S/c1-13(31)26-20-22(35)21(34)15(11-30)37-23(20)28-18(33)9-3-2-6-10-25-17(32)8-5-4-7-16-19-14(12-38-16)27-24(36)29-19/h14-16,19-23,30,34-35H,2-12H2,1H3,(H,25,32)(H,26,31)(H,28,33)(H2,27,29,36). The van der Waals surface area contributed by atoms with Gasteiger partial charge in [-0.1, -0.05) is 12.8 Å². The number of carbonyl (C=O) groups excluding carboxylic acids is 4. The Morgan fingerprint density at radius 1 is 1.00 bits per heavy atom. The van der Waals surface area contributed by atoms with Gasteiger partial charge in [0.05, 0.1) is 18.7 Å². The SMILES string of the molecule is CC(=O)NC1C(NC(=O)CCCCCNC(=O)CCCCC2SCC3NC(=O)NC32)OC(CO)C(O)C1O. The maximum absolute atomic E-state index is 12.4. The zero-order chi connectivity index (χ0) is 27.7. The van der Waals surface area contributed by atoms with Crippen LogP contribution >= 0.6 is 11.8 Å². The van der Waals surface area contributed by atoms with Crippen molar-refractivity contribution in [2.75, 3.05) is 18.9 Å². The molecule has 5 amide bonds. The molecule has 0 spiro atoms. The molecule has 0 radical (unpaired) electrons. The average Bonchev–Trinajstić information content (AvgIpc) is 3.42. The third-order valence-corrected chi connectivity index (χ3v) is 8.59. The highest BCUT2D eigenvalue weighted by Gasteiger charge is 2.45. The van der Waals surface area contributed by atoms with Gasteiger partial charge < -0.3 is 46.6 Å². The van der Waals surface area contributed by atoms with Crippen molar-refractivity contribution in [1.29, 1.82) is 0 Å². The molecule has 0 aromatic heterocycles. The molecule has 3 heterocycles. The molecule has 0 aromatic rings. The zero-order valence-electron chi connectivity index (χ0n) is 21.7. The Labute approximate surface area is 226 Å². The lowest BCUT2D eigenvalue weighted by atomic mass is 9.95. The molecule has 0 saturated carbocycles. The van der Waals surface area contributed by atoms with Gasteiger partial charge in [0.1, 0.15) is 24.4 Å². The monoisotopic (exact) mass is 559 g/mol. The summed E-state index contributed by atoms with van der Waals surface area (Å²) in [5, 5.41) is 44.0. The molecule has 3 aliphatic heterocycles.